The van der Waals surface area contributed by atoms with Crippen LogP contribution in [0.25, 0.3) is 0 Å². The van der Waals surface area contributed by atoms with E-state index in [1.54, 1.807) is 19.1 Å². The molecule has 116 valence electrons. The number of carbonyl (C=O) groups is 1. The lowest BCUT2D eigenvalue weighted by Crippen LogP contribution is -2.23. The fourth-order valence-electron chi connectivity index (χ4n) is 1.83. The molecular weight excluding hydrogens is 274 g/mol. The Kier molecular flexibility index (Phi) is 6.61. The SMILES string of the molecule is CCNC(=O)c1ccc(NCC(C)OCC)c([N+](=O)[O-])c1. The number of hydrogen-bond acceptors (Lipinski definition) is 5. The molecule has 1 amide bonds. The van der Waals surface area contributed by atoms with Gasteiger partial charge in [-0.05, 0) is 32.9 Å². The first-order chi connectivity index (χ1) is 9.99. The molecule has 0 aliphatic rings. The van der Waals surface area contributed by atoms with Gasteiger partial charge in [-0.15, -0.1) is 0 Å². The van der Waals surface area contributed by atoms with Gasteiger partial charge >= 0.3 is 0 Å². The normalized spacial score (nSPS) is 11.8. The van der Waals surface area contributed by atoms with E-state index in [1.165, 1.54) is 6.07 Å². The number of nitro benzene ring substituents is 1. The van der Waals surface area contributed by atoms with Gasteiger partial charge in [0.1, 0.15) is 5.69 Å². The molecule has 1 rings (SSSR count). The fourth-order valence-corrected chi connectivity index (χ4v) is 1.83. The highest BCUT2D eigenvalue weighted by molar-refractivity contribution is 5.95. The van der Waals surface area contributed by atoms with Crippen molar-refractivity contribution in [3.05, 3.63) is 33.9 Å². The Morgan fingerprint density at radius 2 is 2.14 bits per heavy atom. The highest BCUT2D eigenvalue weighted by Crippen LogP contribution is 2.25. The first kappa shape index (κ1) is 16.9. The summed E-state index contributed by atoms with van der Waals surface area (Å²) in [5.74, 6) is -0.324. The Morgan fingerprint density at radius 3 is 2.71 bits per heavy atom. The summed E-state index contributed by atoms with van der Waals surface area (Å²) in [5.41, 5.74) is 0.522. The minimum Gasteiger partial charge on any atom is -0.377 e. The number of benzene rings is 1. The number of hydrogen-bond donors (Lipinski definition) is 2. The molecule has 0 heterocycles. The van der Waals surface area contributed by atoms with Crippen molar-refractivity contribution in [1.82, 2.24) is 5.32 Å². The second-order valence-electron chi connectivity index (χ2n) is 4.50. The maximum atomic E-state index is 11.7. The molecule has 0 aliphatic heterocycles. The average molecular weight is 295 g/mol. The third-order valence-corrected chi connectivity index (χ3v) is 2.83. The Hall–Kier alpha value is -2.15. The van der Waals surface area contributed by atoms with Gasteiger partial charge in [0.25, 0.3) is 11.6 Å². The lowest BCUT2D eigenvalue weighted by molar-refractivity contribution is -0.384. The van der Waals surface area contributed by atoms with Crippen molar-refractivity contribution in [2.24, 2.45) is 0 Å². The van der Waals surface area contributed by atoms with Crippen LogP contribution in [-0.4, -0.2) is 36.6 Å². The van der Waals surface area contributed by atoms with Crippen molar-refractivity contribution in [1.29, 1.82) is 0 Å². The maximum Gasteiger partial charge on any atom is 0.293 e. The quantitative estimate of drug-likeness (QED) is 0.566. The molecule has 0 saturated heterocycles. The average Bonchev–Trinajstić information content (AvgIpc) is 2.45. The summed E-state index contributed by atoms with van der Waals surface area (Å²) in [5, 5.41) is 16.7. The molecule has 7 nitrogen and oxygen atoms in total. The molecular formula is C14H21N3O4. The molecule has 1 aromatic rings. The maximum absolute atomic E-state index is 11.7. The number of nitrogens with one attached hydrogen (secondary N) is 2. The molecule has 21 heavy (non-hydrogen) atoms. The third-order valence-electron chi connectivity index (χ3n) is 2.83. The van der Waals surface area contributed by atoms with Gasteiger partial charge in [0.05, 0.1) is 11.0 Å². The first-order valence-corrected chi connectivity index (χ1v) is 6.91. The van der Waals surface area contributed by atoms with Crippen molar-refractivity contribution in [3.63, 3.8) is 0 Å². The van der Waals surface area contributed by atoms with E-state index in [9.17, 15) is 14.9 Å². The van der Waals surface area contributed by atoms with Gasteiger partial charge in [-0.2, -0.15) is 0 Å². The van der Waals surface area contributed by atoms with Crippen LogP contribution < -0.4 is 10.6 Å². The van der Waals surface area contributed by atoms with E-state index in [2.05, 4.69) is 10.6 Å². The summed E-state index contributed by atoms with van der Waals surface area (Å²) in [7, 11) is 0. The minimum atomic E-state index is -0.504. The Morgan fingerprint density at radius 1 is 1.43 bits per heavy atom. The summed E-state index contributed by atoms with van der Waals surface area (Å²) in [6.07, 6.45) is -0.0577. The van der Waals surface area contributed by atoms with Gasteiger partial charge in [0.15, 0.2) is 0 Å². The predicted octanol–water partition coefficient (Wildman–Crippen LogP) is 2.18. The molecule has 2 N–H and O–H groups in total. The summed E-state index contributed by atoms with van der Waals surface area (Å²) in [6, 6.07) is 4.38. The molecule has 0 aliphatic carbocycles. The van der Waals surface area contributed by atoms with Crippen LogP contribution in [0.5, 0.6) is 0 Å². The van der Waals surface area contributed by atoms with Crippen LogP contribution in [0.4, 0.5) is 11.4 Å². The zero-order valence-corrected chi connectivity index (χ0v) is 12.5. The monoisotopic (exact) mass is 295 g/mol. The van der Waals surface area contributed by atoms with Crippen molar-refractivity contribution in [3.8, 4) is 0 Å². The van der Waals surface area contributed by atoms with Gasteiger partial charge in [0.2, 0.25) is 0 Å². The van der Waals surface area contributed by atoms with E-state index in [0.717, 1.165) is 0 Å². The zero-order valence-electron chi connectivity index (χ0n) is 12.5. The molecule has 0 bridgehead atoms. The van der Waals surface area contributed by atoms with Gasteiger partial charge < -0.3 is 15.4 Å². The Labute approximate surface area is 123 Å². The number of nitro groups is 1. The van der Waals surface area contributed by atoms with Crippen molar-refractivity contribution in [2.45, 2.75) is 26.9 Å². The van der Waals surface area contributed by atoms with E-state index < -0.39 is 4.92 Å². The van der Waals surface area contributed by atoms with Crippen molar-refractivity contribution >= 4 is 17.3 Å². The van der Waals surface area contributed by atoms with Gasteiger partial charge in [-0.1, -0.05) is 0 Å². The number of ether oxygens (including phenoxy) is 1. The fraction of sp³-hybridized carbons (Fsp3) is 0.500. The standard InChI is InChI=1S/C14H21N3O4/c1-4-15-14(18)11-6-7-12(13(8-11)17(19)20)16-9-10(3)21-5-2/h6-8,10,16H,4-5,9H2,1-3H3,(H,15,18). The zero-order chi connectivity index (χ0) is 15.8. The minimum absolute atomic E-state index is 0.0577. The summed E-state index contributed by atoms with van der Waals surface area (Å²) < 4.78 is 5.36. The highest BCUT2D eigenvalue weighted by atomic mass is 16.6. The molecule has 0 aromatic heterocycles. The number of carbonyl (C=O) groups excluding carboxylic acids is 1. The van der Waals surface area contributed by atoms with Crippen molar-refractivity contribution < 1.29 is 14.5 Å². The van der Waals surface area contributed by atoms with Gasteiger partial charge in [-0.25, -0.2) is 0 Å². The number of nitrogens with zero attached hydrogens (tertiary/aromatic N) is 1. The highest BCUT2D eigenvalue weighted by Gasteiger charge is 2.17. The molecule has 0 spiro atoms. The van der Waals surface area contributed by atoms with Crippen LogP contribution in [-0.2, 0) is 4.74 Å². The largest absolute Gasteiger partial charge is 0.377 e. The number of anilines is 1. The Balaban J connectivity index is 2.89. The van der Waals surface area contributed by atoms with Crippen LogP contribution in [0.15, 0.2) is 18.2 Å². The number of amides is 1. The number of rotatable bonds is 8. The first-order valence-electron chi connectivity index (χ1n) is 6.91. The second kappa shape index (κ2) is 8.21. The van der Waals surface area contributed by atoms with Crippen LogP contribution in [0, 0.1) is 10.1 Å². The van der Waals surface area contributed by atoms with Gasteiger partial charge in [0, 0.05) is 31.3 Å². The smallest absolute Gasteiger partial charge is 0.293 e. The van der Waals surface area contributed by atoms with E-state index in [0.29, 0.717) is 25.4 Å². The van der Waals surface area contributed by atoms with E-state index >= 15 is 0 Å². The summed E-state index contributed by atoms with van der Waals surface area (Å²) >= 11 is 0. The molecule has 7 heteroatoms. The van der Waals surface area contributed by atoms with E-state index in [-0.39, 0.29) is 23.3 Å². The summed E-state index contributed by atoms with van der Waals surface area (Å²) in [4.78, 5) is 22.3. The lowest BCUT2D eigenvalue weighted by Gasteiger charge is -2.14. The lowest BCUT2D eigenvalue weighted by atomic mass is 10.1. The molecule has 1 unspecified atom stereocenters. The van der Waals surface area contributed by atoms with Crippen LogP contribution >= 0.6 is 0 Å². The summed E-state index contributed by atoms with van der Waals surface area (Å²) in [6.45, 7) is 7.07. The third kappa shape index (κ3) is 5.03. The molecule has 0 fully saturated rings. The van der Waals surface area contributed by atoms with Crippen molar-refractivity contribution in [2.75, 3.05) is 25.0 Å². The van der Waals surface area contributed by atoms with Crippen LogP contribution in [0.3, 0.4) is 0 Å². The molecule has 0 radical (unpaired) electrons. The van der Waals surface area contributed by atoms with E-state index in [1.807, 2.05) is 13.8 Å². The Bertz CT molecular complexity index is 505. The molecule has 1 atom stereocenters. The predicted molar refractivity (Wildman–Crippen MR) is 80.7 cm³/mol. The second-order valence-corrected chi connectivity index (χ2v) is 4.50. The van der Waals surface area contributed by atoms with E-state index in [4.69, 9.17) is 4.74 Å². The molecule has 1 aromatic carbocycles. The van der Waals surface area contributed by atoms with Crippen LogP contribution in [0.2, 0.25) is 0 Å². The van der Waals surface area contributed by atoms with Gasteiger partial charge in [-0.3, -0.25) is 14.9 Å². The van der Waals surface area contributed by atoms with Crippen LogP contribution in [0.1, 0.15) is 31.1 Å². The topological polar surface area (TPSA) is 93.5 Å². The molecule has 0 saturated carbocycles.